The molecule has 0 amide bonds. The van der Waals surface area contributed by atoms with Gasteiger partial charge < -0.3 is 28.4 Å². The first-order valence-electron chi connectivity index (χ1n) is 18.9. The molecule has 11 heteroatoms. The maximum atomic E-state index is 12.9. The predicted octanol–water partition coefficient (Wildman–Crippen LogP) is 9.10. The van der Waals surface area contributed by atoms with Crippen molar-refractivity contribution in [3.63, 3.8) is 0 Å². The zero-order valence-corrected chi connectivity index (χ0v) is 32.2. The SMILES string of the molecule is CCC(CC(C)C(=O)OCCCCOc1ccc(C(=O)Oc2ccc(C(=O)Oc3ccccc3)cc2)cc1)C(=O)Oc1ccc(OC(=O)C=Cc2ccccc2)cc1. The summed E-state index contributed by atoms with van der Waals surface area (Å²) in [6, 6.07) is 36.8. The third-order valence-electron chi connectivity index (χ3n) is 8.73. The maximum Gasteiger partial charge on any atom is 0.343 e. The molecule has 0 spiro atoms. The highest BCUT2D eigenvalue weighted by Crippen LogP contribution is 2.24. The number of para-hydroxylation sites is 1. The molecule has 0 N–H and O–H groups in total. The van der Waals surface area contributed by atoms with Crippen LogP contribution in [-0.2, 0) is 19.1 Å². The van der Waals surface area contributed by atoms with E-state index < -0.39 is 41.7 Å². The molecular weight excluding hydrogens is 741 g/mol. The first kappa shape index (κ1) is 42.1. The zero-order valence-electron chi connectivity index (χ0n) is 32.2. The number of ether oxygens (including phenoxy) is 6. The number of unbranched alkanes of at least 4 members (excludes halogenated alkanes) is 1. The summed E-state index contributed by atoms with van der Waals surface area (Å²) < 4.78 is 32.8. The van der Waals surface area contributed by atoms with E-state index in [1.165, 1.54) is 42.5 Å². The van der Waals surface area contributed by atoms with Crippen LogP contribution in [-0.4, -0.2) is 43.1 Å². The molecule has 0 saturated carbocycles. The van der Waals surface area contributed by atoms with Gasteiger partial charge in [-0.1, -0.05) is 62.4 Å². The monoisotopic (exact) mass is 784 g/mol. The van der Waals surface area contributed by atoms with Crippen molar-refractivity contribution in [2.75, 3.05) is 13.2 Å². The predicted molar refractivity (Wildman–Crippen MR) is 216 cm³/mol. The van der Waals surface area contributed by atoms with Crippen molar-refractivity contribution in [3.05, 3.63) is 156 Å². The van der Waals surface area contributed by atoms with Crippen LogP contribution in [0.2, 0.25) is 0 Å². The molecule has 0 aromatic heterocycles. The molecule has 2 atom stereocenters. The fraction of sp³-hybridized carbons (Fsp3) is 0.213. The number of rotatable bonds is 19. The van der Waals surface area contributed by atoms with Crippen LogP contribution in [0.5, 0.6) is 28.7 Å². The van der Waals surface area contributed by atoms with E-state index in [9.17, 15) is 24.0 Å². The van der Waals surface area contributed by atoms with Crippen LogP contribution in [0.3, 0.4) is 0 Å². The molecule has 0 aliphatic heterocycles. The lowest BCUT2D eigenvalue weighted by atomic mass is 9.94. The van der Waals surface area contributed by atoms with E-state index in [0.717, 1.165) is 5.56 Å². The Hall–Kier alpha value is -7.01. The molecule has 0 fully saturated rings. The third-order valence-corrected chi connectivity index (χ3v) is 8.73. The summed E-state index contributed by atoms with van der Waals surface area (Å²) in [6.07, 6.45) is 4.92. The Balaban J connectivity index is 0.946. The third kappa shape index (κ3) is 13.6. The Morgan fingerprint density at radius 2 is 1.02 bits per heavy atom. The number of hydrogen-bond acceptors (Lipinski definition) is 11. The van der Waals surface area contributed by atoms with Crippen LogP contribution >= 0.6 is 0 Å². The van der Waals surface area contributed by atoms with Crippen molar-refractivity contribution in [2.24, 2.45) is 11.8 Å². The van der Waals surface area contributed by atoms with Crippen LogP contribution in [0.1, 0.15) is 65.8 Å². The van der Waals surface area contributed by atoms with E-state index in [0.29, 0.717) is 60.0 Å². The number of carbonyl (C=O) groups excluding carboxylic acids is 5. The minimum atomic E-state index is -0.566. The van der Waals surface area contributed by atoms with Gasteiger partial charge in [0.05, 0.1) is 36.2 Å². The van der Waals surface area contributed by atoms with Crippen LogP contribution in [0.15, 0.2) is 140 Å². The molecule has 2 unspecified atom stereocenters. The van der Waals surface area contributed by atoms with Crippen molar-refractivity contribution in [3.8, 4) is 28.7 Å². The van der Waals surface area contributed by atoms with Crippen molar-refractivity contribution >= 4 is 35.9 Å². The van der Waals surface area contributed by atoms with Gasteiger partial charge in [-0.2, -0.15) is 0 Å². The van der Waals surface area contributed by atoms with Crippen LogP contribution in [0.4, 0.5) is 0 Å². The molecule has 5 rings (SSSR count). The van der Waals surface area contributed by atoms with Crippen molar-refractivity contribution in [1.29, 1.82) is 0 Å². The Morgan fingerprint density at radius 1 is 0.534 bits per heavy atom. The van der Waals surface area contributed by atoms with Crippen molar-refractivity contribution in [2.45, 2.75) is 39.5 Å². The molecule has 11 nitrogen and oxygen atoms in total. The molecule has 0 heterocycles. The number of carbonyl (C=O) groups is 5. The second-order valence-electron chi connectivity index (χ2n) is 13.2. The average molecular weight is 785 g/mol. The standard InChI is InChI=1S/C47H44O11/c1-3-35(45(50)57-42-27-25-40(26-28-42)55-43(48)29-16-34-12-6-4-7-13-34)32-33(2)44(49)54-31-11-10-30-53-38-21-17-36(18-22-38)47(52)58-41-23-19-37(20-24-41)46(51)56-39-14-8-5-9-15-39/h4-9,12-29,33,35H,3,10-11,30-32H2,1-2H3. The van der Waals surface area contributed by atoms with Crippen molar-refractivity contribution < 1.29 is 52.4 Å². The number of esters is 5. The molecule has 298 valence electrons. The fourth-order valence-electron chi connectivity index (χ4n) is 5.48. The van der Waals surface area contributed by atoms with Gasteiger partial charge in [-0.3, -0.25) is 9.59 Å². The molecular formula is C47H44O11. The van der Waals surface area contributed by atoms with E-state index in [2.05, 4.69) is 0 Å². The summed E-state index contributed by atoms with van der Waals surface area (Å²) in [6.45, 7) is 4.14. The molecule has 5 aromatic rings. The zero-order chi connectivity index (χ0) is 41.1. The summed E-state index contributed by atoms with van der Waals surface area (Å²) in [5, 5.41) is 0. The highest BCUT2D eigenvalue weighted by molar-refractivity contribution is 5.93. The van der Waals surface area contributed by atoms with Gasteiger partial charge in [0.2, 0.25) is 0 Å². The van der Waals surface area contributed by atoms with Gasteiger partial charge in [0.15, 0.2) is 0 Å². The number of hydrogen-bond donors (Lipinski definition) is 0. The minimum absolute atomic E-state index is 0.201. The van der Waals surface area contributed by atoms with Gasteiger partial charge in [-0.25, -0.2) is 14.4 Å². The molecule has 0 saturated heterocycles. The Morgan fingerprint density at radius 3 is 1.60 bits per heavy atom. The highest BCUT2D eigenvalue weighted by atomic mass is 16.6. The van der Waals surface area contributed by atoms with Gasteiger partial charge in [0.25, 0.3) is 0 Å². The quantitative estimate of drug-likeness (QED) is 0.0343. The summed E-state index contributed by atoms with van der Waals surface area (Å²) >= 11 is 0. The summed E-state index contributed by atoms with van der Waals surface area (Å²) in [7, 11) is 0. The largest absolute Gasteiger partial charge is 0.494 e. The second kappa shape index (κ2) is 21.9. The summed E-state index contributed by atoms with van der Waals surface area (Å²) in [5.74, 6) is -1.66. The molecule has 5 aromatic carbocycles. The Bertz CT molecular complexity index is 2130. The lowest BCUT2D eigenvalue weighted by molar-refractivity contribution is -0.149. The van der Waals surface area contributed by atoms with Crippen LogP contribution in [0.25, 0.3) is 6.08 Å². The summed E-state index contributed by atoms with van der Waals surface area (Å²) in [5.41, 5.74) is 1.50. The average Bonchev–Trinajstić information content (AvgIpc) is 3.24. The first-order valence-corrected chi connectivity index (χ1v) is 18.9. The summed E-state index contributed by atoms with van der Waals surface area (Å²) in [4.78, 5) is 62.8. The van der Waals surface area contributed by atoms with Crippen LogP contribution < -0.4 is 23.7 Å². The highest BCUT2D eigenvalue weighted by Gasteiger charge is 2.26. The van der Waals surface area contributed by atoms with Gasteiger partial charge in [0.1, 0.15) is 28.7 Å². The van der Waals surface area contributed by atoms with E-state index in [1.54, 1.807) is 73.7 Å². The fourth-order valence-corrected chi connectivity index (χ4v) is 5.48. The molecule has 0 radical (unpaired) electrons. The molecule has 0 aliphatic rings. The molecule has 0 aliphatic carbocycles. The van der Waals surface area contributed by atoms with Gasteiger partial charge in [-0.15, -0.1) is 0 Å². The van der Waals surface area contributed by atoms with E-state index >= 15 is 0 Å². The molecule has 0 bridgehead atoms. The van der Waals surface area contributed by atoms with E-state index in [-0.39, 0.29) is 18.8 Å². The van der Waals surface area contributed by atoms with Crippen LogP contribution in [0, 0.1) is 11.8 Å². The van der Waals surface area contributed by atoms with Gasteiger partial charge >= 0.3 is 29.8 Å². The normalized spacial score (nSPS) is 11.8. The second-order valence-corrected chi connectivity index (χ2v) is 13.2. The minimum Gasteiger partial charge on any atom is -0.494 e. The smallest absolute Gasteiger partial charge is 0.343 e. The lowest BCUT2D eigenvalue weighted by Crippen LogP contribution is -2.26. The van der Waals surface area contributed by atoms with E-state index in [4.69, 9.17) is 28.4 Å². The number of benzene rings is 5. The van der Waals surface area contributed by atoms with Crippen molar-refractivity contribution in [1.82, 2.24) is 0 Å². The van der Waals surface area contributed by atoms with Gasteiger partial charge in [-0.05, 0) is 122 Å². The van der Waals surface area contributed by atoms with E-state index in [1.807, 2.05) is 43.3 Å². The maximum absolute atomic E-state index is 12.9. The molecule has 58 heavy (non-hydrogen) atoms. The topological polar surface area (TPSA) is 141 Å². The van der Waals surface area contributed by atoms with Gasteiger partial charge in [0, 0.05) is 6.08 Å². The Labute approximate surface area is 337 Å². The first-order chi connectivity index (χ1) is 28.2. The lowest BCUT2D eigenvalue weighted by Gasteiger charge is -2.18. The Kier molecular flexibility index (Phi) is 15.9.